The van der Waals surface area contributed by atoms with E-state index in [0.717, 1.165) is 0 Å². The van der Waals surface area contributed by atoms with Gasteiger partial charge < -0.3 is 4.84 Å². The third kappa shape index (κ3) is 4.25. The fourth-order valence-electron chi connectivity index (χ4n) is 0.950. The quantitative estimate of drug-likeness (QED) is 0.364. The van der Waals surface area contributed by atoms with Crippen LogP contribution in [0, 0.1) is 15.5 Å². The van der Waals surface area contributed by atoms with Gasteiger partial charge in [0.1, 0.15) is 0 Å². The third-order valence-corrected chi connectivity index (χ3v) is 2.85. The summed E-state index contributed by atoms with van der Waals surface area (Å²) >= 11 is 1.31. The molecule has 1 aromatic heterocycles. The van der Waals surface area contributed by atoms with Crippen molar-refractivity contribution in [2.45, 2.75) is 20.8 Å². The molecule has 0 bridgehead atoms. The summed E-state index contributed by atoms with van der Waals surface area (Å²) < 4.78 is 0. The molecule has 98 valence electrons. The highest BCUT2D eigenvalue weighted by atomic mass is 32.1. The molecule has 0 N–H and O–H groups in total. The van der Waals surface area contributed by atoms with E-state index in [0.29, 0.717) is 4.88 Å². The molecular weight excluding hydrogens is 256 g/mol. The van der Waals surface area contributed by atoms with Crippen molar-refractivity contribution >= 4 is 23.0 Å². The highest BCUT2D eigenvalue weighted by molar-refractivity contribution is 7.12. The van der Waals surface area contributed by atoms with E-state index in [9.17, 15) is 14.9 Å². The van der Waals surface area contributed by atoms with Crippen molar-refractivity contribution in [2.24, 2.45) is 10.6 Å². The molecular formula is C11H14N2O4S. The Balaban J connectivity index is 2.84. The molecule has 1 aromatic rings. The van der Waals surface area contributed by atoms with E-state index >= 15 is 0 Å². The number of oxime groups is 1. The molecule has 6 nitrogen and oxygen atoms in total. The smallest absolute Gasteiger partial charge is 0.317 e. The van der Waals surface area contributed by atoms with Gasteiger partial charge in [-0.1, -0.05) is 11.2 Å². The van der Waals surface area contributed by atoms with Crippen LogP contribution in [0.1, 0.15) is 25.6 Å². The molecule has 7 heteroatoms. The maximum atomic E-state index is 11.5. The Hall–Kier alpha value is -1.76. The molecule has 0 aliphatic carbocycles. The minimum Gasteiger partial charge on any atom is -0.317 e. The van der Waals surface area contributed by atoms with E-state index in [1.807, 2.05) is 0 Å². The first-order chi connectivity index (χ1) is 8.30. The van der Waals surface area contributed by atoms with E-state index < -0.39 is 22.9 Å². The number of rotatable bonds is 4. The van der Waals surface area contributed by atoms with Gasteiger partial charge in [-0.25, -0.2) is 4.79 Å². The lowest BCUT2D eigenvalue weighted by atomic mass is 9.98. The zero-order valence-electron chi connectivity index (χ0n) is 10.4. The van der Waals surface area contributed by atoms with Crippen LogP contribution in [0.25, 0.3) is 0 Å². The molecule has 1 heterocycles. The van der Waals surface area contributed by atoms with Crippen LogP contribution in [-0.4, -0.2) is 23.1 Å². The maximum Gasteiger partial charge on any atom is 0.340 e. The Morgan fingerprint density at radius 1 is 1.56 bits per heavy atom. The number of carbonyl (C=O) groups is 1. The Kier molecular flexibility index (Phi) is 4.55. The number of hydrogen-bond donors (Lipinski definition) is 0. The van der Waals surface area contributed by atoms with Gasteiger partial charge in [-0.05, 0) is 32.2 Å². The third-order valence-electron chi connectivity index (χ3n) is 1.94. The number of nitro groups is 1. The maximum absolute atomic E-state index is 11.5. The van der Waals surface area contributed by atoms with Gasteiger partial charge in [0.15, 0.2) is 5.71 Å². The van der Waals surface area contributed by atoms with Crippen LogP contribution < -0.4 is 0 Å². The van der Waals surface area contributed by atoms with Crippen LogP contribution in [0.3, 0.4) is 0 Å². The zero-order valence-corrected chi connectivity index (χ0v) is 11.2. The van der Waals surface area contributed by atoms with Gasteiger partial charge >= 0.3 is 5.97 Å². The molecule has 0 amide bonds. The number of thiophene rings is 1. The second kappa shape index (κ2) is 5.72. The first kappa shape index (κ1) is 14.3. The average molecular weight is 270 g/mol. The van der Waals surface area contributed by atoms with Gasteiger partial charge in [-0.15, -0.1) is 11.3 Å². The van der Waals surface area contributed by atoms with Crippen molar-refractivity contribution in [3.8, 4) is 0 Å². The predicted octanol–water partition coefficient (Wildman–Crippen LogP) is 2.32. The summed E-state index contributed by atoms with van der Waals surface area (Å²) in [7, 11) is 0. The van der Waals surface area contributed by atoms with Gasteiger partial charge in [0.25, 0.3) is 0 Å². The molecule has 0 unspecified atom stereocenters. The number of nitrogens with zero attached hydrogens (tertiary/aromatic N) is 2. The van der Waals surface area contributed by atoms with Crippen LogP contribution in [0.4, 0.5) is 0 Å². The molecule has 0 fully saturated rings. The van der Waals surface area contributed by atoms with E-state index in [-0.39, 0.29) is 5.71 Å². The Morgan fingerprint density at radius 3 is 2.67 bits per heavy atom. The molecule has 0 aliphatic rings. The molecule has 1 rings (SSSR count). The first-order valence-electron chi connectivity index (χ1n) is 5.24. The summed E-state index contributed by atoms with van der Waals surface area (Å²) in [5.74, 6) is -0.528. The van der Waals surface area contributed by atoms with Gasteiger partial charge in [0.2, 0.25) is 6.54 Å². The van der Waals surface area contributed by atoms with Crippen molar-refractivity contribution in [3.63, 3.8) is 0 Å². The monoisotopic (exact) mass is 270 g/mol. The molecule has 0 saturated heterocycles. The van der Waals surface area contributed by atoms with E-state index in [1.54, 1.807) is 38.3 Å². The van der Waals surface area contributed by atoms with E-state index in [4.69, 9.17) is 4.84 Å². The highest BCUT2D eigenvalue weighted by Crippen LogP contribution is 2.16. The average Bonchev–Trinajstić information content (AvgIpc) is 2.74. The van der Waals surface area contributed by atoms with E-state index in [2.05, 4.69) is 5.16 Å². The van der Waals surface area contributed by atoms with Crippen LogP contribution in [0.5, 0.6) is 0 Å². The van der Waals surface area contributed by atoms with Crippen molar-refractivity contribution in [1.29, 1.82) is 0 Å². The summed E-state index contributed by atoms with van der Waals surface area (Å²) in [5, 5.41) is 15.9. The molecule has 0 radical (unpaired) electrons. The lowest BCUT2D eigenvalue weighted by Crippen LogP contribution is -2.23. The fraction of sp³-hybridized carbons (Fsp3) is 0.455. The van der Waals surface area contributed by atoms with Gasteiger partial charge in [0.05, 0.1) is 10.3 Å². The van der Waals surface area contributed by atoms with E-state index in [1.165, 1.54) is 11.3 Å². The second-order valence-electron chi connectivity index (χ2n) is 4.63. The Morgan fingerprint density at radius 2 is 2.22 bits per heavy atom. The van der Waals surface area contributed by atoms with Crippen LogP contribution in [0.2, 0.25) is 0 Å². The normalized spacial score (nSPS) is 12.3. The second-order valence-corrected chi connectivity index (χ2v) is 5.58. The van der Waals surface area contributed by atoms with Crippen LogP contribution >= 0.6 is 11.3 Å². The molecule has 0 spiro atoms. The van der Waals surface area contributed by atoms with Gasteiger partial charge in [0, 0.05) is 4.92 Å². The number of carbonyl (C=O) groups excluding carboxylic acids is 1. The summed E-state index contributed by atoms with van der Waals surface area (Å²) in [4.78, 5) is 26.9. The molecule has 0 aliphatic heterocycles. The topological polar surface area (TPSA) is 81.8 Å². The van der Waals surface area contributed by atoms with Crippen LogP contribution in [0.15, 0.2) is 22.7 Å². The minimum atomic E-state index is -0.696. The molecule has 0 aromatic carbocycles. The van der Waals surface area contributed by atoms with Crippen molar-refractivity contribution in [3.05, 3.63) is 32.5 Å². The fourth-order valence-corrected chi connectivity index (χ4v) is 1.65. The first-order valence-corrected chi connectivity index (χ1v) is 6.12. The highest BCUT2D eigenvalue weighted by Gasteiger charge is 2.24. The summed E-state index contributed by atoms with van der Waals surface area (Å²) in [6.45, 7) is 4.58. The van der Waals surface area contributed by atoms with Crippen LogP contribution in [-0.2, 0) is 9.63 Å². The summed E-state index contributed by atoms with van der Waals surface area (Å²) in [6, 6.07) is 3.44. The Bertz CT molecular complexity index is 460. The van der Waals surface area contributed by atoms with Gasteiger partial charge in [-0.2, -0.15) is 0 Å². The van der Waals surface area contributed by atoms with Crippen molar-refractivity contribution in [2.75, 3.05) is 6.54 Å². The minimum absolute atomic E-state index is 0.146. The summed E-state index contributed by atoms with van der Waals surface area (Å²) in [5.41, 5.74) is -0.550. The molecule has 0 atom stereocenters. The Labute approximate surface area is 108 Å². The largest absolute Gasteiger partial charge is 0.340 e. The summed E-state index contributed by atoms with van der Waals surface area (Å²) in [6.07, 6.45) is 0. The predicted molar refractivity (Wildman–Crippen MR) is 68.3 cm³/mol. The lowest BCUT2D eigenvalue weighted by molar-refractivity contribution is -0.463. The molecule has 18 heavy (non-hydrogen) atoms. The zero-order chi connectivity index (χ0) is 13.8. The van der Waals surface area contributed by atoms with Gasteiger partial charge in [-0.3, -0.25) is 10.1 Å². The lowest BCUT2D eigenvalue weighted by Gasteiger charge is -2.13. The van der Waals surface area contributed by atoms with Crippen molar-refractivity contribution in [1.82, 2.24) is 0 Å². The standard InChI is InChI=1S/C11H14N2O4S/c1-11(2,3)10(14)17-12-8(7-13(15)16)9-5-4-6-18-9/h4-6H,7H2,1-3H3. The number of hydrogen-bond acceptors (Lipinski definition) is 6. The molecule has 0 saturated carbocycles. The SMILES string of the molecule is CC(C)(C)C(=O)ON=C(C[N+](=O)[O-])c1cccs1. The van der Waals surface area contributed by atoms with Crippen molar-refractivity contribution < 1.29 is 14.6 Å².